The number of hydrogen-bond donors (Lipinski definition) is 1. The van der Waals surface area contributed by atoms with Gasteiger partial charge >= 0.3 is 11.4 Å². The standard InChI is InChI=1S/C11H12INO4.C6H3FINO2.C5H10O2/c12-8-1-2-11(10(7-8)13(14)15)17-9-3-5-16-6-4-9;7-5-2-1-4(8)3-6(5)9(10)11;6-5-1-3-7-4-2-5/h1-2,7,9H,3-6H2;1-3H;5-6H,1-4H2. The first-order valence-electron chi connectivity index (χ1n) is 10.7. The minimum atomic E-state index is -0.796. The second-order valence-electron chi connectivity index (χ2n) is 7.50. The van der Waals surface area contributed by atoms with Gasteiger partial charge in [0.1, 0.15) is 6.10 Å². The molecule has 2 aromatic rings. The number of nitro benzene ring substituents is 2. The van der Waals surface area contributed by atoms with Crippen LogP contribution in [0.25, 0.3) is 0 Å². The maximum atomic E-state index is 12.6. The topological polar surface area (TPSA) is 134 Å². The number of nitrogens with zero attached hydrogens (tertiary/aromatic N) is 2. The molecule has 1 N–H and O–H groups in total. The monoisotopic (exact) mass is 718 g/mol. The number of benzene rings is 2. The fourth-order valence-corrected chi connectivity index (χ4v) is 3.97. The molecule has 2 aromatic carbocycles. The van der Waals surface area contributed by atoms with Crippen molar-refractivity contribution < 1.29 is 33.6 Å². The van der Waals surface area contributed by atoms with E-state index in [2.05, 4.69) is 0 Å². The van der Waals surface area contributed by atoms with Crippen LogP contribution < -0.4 is 4.74 Å². The molecule has 2 fully saturated rings. The van der Waals surface area contributed by atoms with Crippen LogP contribution in [0.5, 0.6) is 5.75 Å². The Bertz CT molecular complexity index is 986. The molecule has 2 aliphatic heterocycles. The first kappa shape index (κ1) is 29.5. The smallest absolute Gasteiger partial charge is 0.311 e. The molecule has 0 bridgehead atoms. The highest BCUT2D eigenvalue weighted by Gasteiger charge is 2.21. The molecule has 2 heterocycles. The van der Waals surface area contributed by atoms with Crippen molar-refractivity contribution in [2.75, 3.05) is 26.4 Å². The number of aliphatic hydroxyl groups is 1. The average Bonchev–Trinajstić information content (AvgIpc) is 2.83. The highest BCUT2D eigenvalue weighted by molar-refractivity contribution is 14.1. The molecule has 2 saturated heterocycles. The van der Waals surface area contributed by atoms with Gasteiger partial charge in [-0.25, -0.2) is 0 Å². The van der Waals surface area contributed by atoms with Crippen molar-refractivity contribution in [1.29, 1.82) is 0 Å². The predicted molar refractivity (Wildman–Crippen MR) is 142 cm³/mol. The van der Waals surface area contributed by atoms with E-state index in [0.717, 1.165) is 48.5 Å². The Morgan fingerprint density at radius 1 is 0.857 bits per heavy atom. The summed E-state index contributed by atoms with van der Waals surface area (Å²) in [5.74, 6) is -0.447. The normalized spacial score (nSPS) is 16.2. The Balaban J connectivity index is 0.000000205. The number of hydrogen-bond acceptors (Lipinski definition) is 8. The third kappa shape index (κ3) is 10.8. The molecular formula is C22H25FI2N2O8. The van der Waals surface area contributed by atoms with E-state index in [-0.39, 0.29) is 17.9 Å². The van der Waals surface area contributed by atoms with Crippen LogP contribution in [0.1, 0.15) is 25.7 Å². The van der Waals surface area contributed by atoms with Crippen molar-refractivity contribution in [1.82, 2.24) is 0 Å². The maximum Gasteiger partial charge on any atom is 0.311 e. The second kappa shape index (κ2) is 15.4. The molecule has 13 heteroatoms. The first-order valence-corrected chi connectivity index (χ1v) is 12.9. The van der Waals surface area contributed by atoms with E-state index >= 15 is 0 Å². The molecule has 4 rings (SSSR count). The summed E-state index contributed by atoms with van der Waals surface area (Å²) < 4.78 is 29.9. The molecule has 10 nitrogen and oxygen atoms in total. The van der Waals surface area contributed by atoms with Crippen LogP contribution in [0.2, 0.25) is 0 Å². The molecule has 2 aliphatic rings. The van der Waals surface area contributed by atoms with Crippen molar-refractivity contribution in [2.45, 2.75) is 37.9 Å². The molecule has 35 heavy (non-hydrogen) atoms. The lowest BCUT2D eigenvalue weighted by atomic mass is 10.1. The highest BCUT2D eigenvalue weighted by atomic mass is 127. The van der Waals surface area contributed by atoms with E-state index in [4.69, 9.17) is 19.3 Å². The van der Waals surface area contributed by atoms with Gasteiger partial charge in [0.25, 0.3) is 0 Å². The molecule has 0 radical (unpaired) electrons. The fourth-order valence-electron chi connectivity index (χ4n) is 3.02. The number of nitro groups is 2. The summed E-state index contributed by atoms with van der Waals surface area (Å²) in [6, 6.07) is 8.74. The van der Waals surface area contributed by atoms with Crippen molar-refractivity contribution >= 4 is 56.6 Å². The van der Waals surface area contributed by atoms with Crippen LogP contribution in [0.15, 0.2) is 36.4 Å². The van der Waals surface area contributed by atoms with Gasteiger partial charge in [0, 0.05) is 45.3 Å². The van der Waals surface area contributed by atoms with E-state index in [0.29, 0.717) is 22.5 Å². The summed E-state index contributed by atoms with van der Waals surface area (Å²) in [6.07, 6.45) is 3.13. The van der Waals surface area contributed by atoms with Gasteiger partial charge in [0.05, 0.1) is 29.2 Å². The average molecular weight is 718 g/mol. The number of halogens is 3. The lowest BCUT2D eigenvalue weighted by Gasteiger charge is -2.23. The minimum Gasteiger partial charge on any atom is -0.483 e. The minimum absolute atomic E-state index is 0.0162. The summed E-state index contributed by atoms with van der Waals surface area (Å²) in [6.45, 7) is 2.79. The number of aliphatic hydroxyl groups excluding tert-OH is 1. The quantitative estimate of drug-likeness (QED) is 0.258. The first-order chi connectivity index (χ1) is 16.7. The largest absolute Gasteiger partial charge is 0.483 e. The van der Waals surface area contributed by atoms with Crippen LogP contribution in [-0.4, -0.2) is 53.6 Å². The zero-order valence-corrected chi connectivity index (χ0v) is 22.9. The van der Waals surface area contributed by atoms with E-state index in [1.807, 2.05) is 51.2 Å². The summed E-state index contributed by atoms with van der Waals surface area (Å²) in [7, 11) is 0. The van der Waals surface area contributed by atoms with E-state index in [1.165, 1.54) is 18.2 Å². The zero-order chi connectivity index (χ0) is 25.8. The Hall–Kier alpha value is -1.69. The van der Waals surface area contributed by atoms with Crippen LogP contribution in [0.4, 0.5) is 15.8 Å². The van der Waals surface area contributed by atoms with Crippen LogP contribution in [0, 0.1) is 33.2 Å². The SMILES string of the molecule is O=[N+]([O-])c1cc(I)ccc1F.O=[N+]([O-])c1cc(I)ccc1OC1CCOCC1.OC1CCOCC1. The summed E-state index contributed by atoms with van der Waals surface area (Å²) >= 11 is 3.93. The molecule has 0 amide bonds. The third-order valence-electron chi connectivity index (χ3n) is 4.88. The van der Waals surface area contributed by atoms with Gasteiger partial charge in [-0.05, 0) is 82.3 Å². The molecule has 0 aromatic heterocycles. The summed E-state index contributed by atoms with van der Waals surface area (Å²) in [5, 5.41) is 29.9. The molecule has 0 saturated carbocycles. The Morgan fingerprint density at radius 3 is 1.80 bits per heavy atom. The Kier molecular flexibility index (Phi) is 13.0. The van der Waals surface area contributed by atoms with Crippen LogP contribution in [0.3, 0.4) is 0 Å². The lowest BCUT2D eigenvalue weighted by Crippen LogP contribution is -2.26. The Morgan fingerprint density at radius 2 is 1.34 bits per heavy atom. The molecule has 0 aliphatic carbocycles. The maximum absolute atomic E-state index is 12.6. The van der Waals surface area contributed by atoms with Crippen LogP contribution >= 0.6 is 45.2 Å². The van der Waals surface area contributed by atoms with E-state index < -0.39 is 21.4 Å². The van der Waals surface area contributed by atoms with E-state index in [9.17, 15) is 24.6 Å². The summed E-state index contributed by atoms with van der Waals surface area (Å²) in [5.41, 5.74) is -0.444. The molecule has 0 spiro atoms. The number of ether oxygens (including phenoxy) is 3. The molecule has 0 unspecified atom stereocenters. The van der Waals surface area contributed by atoms with Gasteiger partial charge in [-0.2, -0.15) is 4.39 Å². The van der Waals surface area contributed by atoms with Gasteiger partial charge in [0.2, 0.25) is 5.82 Å². The predicted octanol–water partition coefficient (Wildman–Crippen LogP) is 5.25. The van der Waals surface area contributed by atoms with Gasteiger partial charge in [-0.15, -0.1) is 0 Å². The molecule has 0 atom stereocenters. The summed E-state index contributed by atoms with van der Waals surface area (Å²) in [4.78, 5) is 19.9. The fraction of sp³-hybridized carbons (Fsp3) is 0.455. The van der Waals surface area contributed by atoms with E-state index in [1.54, 1.807) is 6.07 Å². The molecule has 192 valence electrons. The highest BCUT2D eigenvalue weighted by Crippen LogP contribution is 2.30. The van der Waals surface area contributed by atoms with Crippen molar-refractivity contribution in [3.8, 4) is 5.75 Å². The van der Waals surface area contributed by atoms with Gasteiger partial charge in [-0.1, -0.05) is 0 Å². The molecular weight excluding hydrogens is 693 g/mol. The van der Waals surface area contributed by atoms with Gasteiger partial charge < -0.3 is 19.3 Å². The van der Waals surface area contributed by atoms with Crippen molar-refractivity contribution in [3.63, 3.8) is 0 Å². The van der Waals surface area contributed by atoms with Crippen LogP contribution in [-0.2, 0) is 9.47 Å². The van der Waals surface area contributed by atoms with Crippen molar-refractivity contribution in [2.24, 2.45) is 0 Å². The van der Waals surface area contributed by atoms with Gasteiger partial charge in [-0.3, -0.25) is 20.2 Å². The van der Waals surface area contributed by atoms with Gasteiger partial charge in [0.15, 0.2) is 5.75 Å². The second-order valence-corrected chi connectivity index (χ2v) is 9.99. The van der Waals surface area contributed by atoms with Crippen molar-refractivity contribution in [3.05, 3.63) is 69.6 Å². The Labute approximate surface area is 228 Å². The number of rotatable bonds is 4. The third-order valence-corrected chi connectivity index (χ3v) is 6.22. The lowest BCUT2D eigenvalue weighted by molar-refractivity contribution is -0.387. The zero-order valence-electron chi connectivity index (χ0n) is 18.6.